The normalized spacial score (nSPS) is 12.2. The summed E-state index contributed by atoms with van der Waals surface area (Å²) < 4.78 is 78.6. The van der Waals surface area contributed by atoms with Crippen LogP contribution in [0.25, 0.3) is 22.4 Å². The number of aromatic nitrogens is 3. The van der Waals surface area contributed by atoms with Gasteiger partial charge < -0.3 is 5.41 Å². The minimum Gasteiger partial charge on any atom is -0.306 e. The number of nitrogens with zero attached hydrogens (tertiary/aromatic N) is 2. The molecule has 0 amide bonds. The molecule has 2 aromatic carbocycles. The molecule has 0 radical (unpaired) electrons. The van der Waals surface area contributed by atoms with E-state index in [1.807, 2.05) is 0 Å². The van der Waals surface area contributed by atoms with Gasteiger partial charge in [0.2, 0.25) is 0 Å². The SMILES string of the molecule is N=Cc1n[nH]nc1-c1cc(-c2cccc(C(F)(F)F)c2)cc(C(F)(F)F)c1. The number of halogens is 6. The van der Waals surface area contributed by atoms with Crippen molar-refractivity contribution in [2.45, 2.75) is 12.4 Å². The molecular weight excluding hydrogens is 374 g/mol. The molecule has 0 saturated carbocycles. The summed E-state index contributed by atoms with van der Waals surface area (Å²) in [4.78, 5) is 0. The predicted octanol–water partition coefficient (Wildman–Crippen LogP) is 5.17. The van der Waals surface area contributed by atoms with Gasteiger partial charge in [-0.15, -0.1) is 0 Å². The zero-order valence-corrected chi connectivity index (χ0v) is 13.3. The average molecular weight is 384 g/mol. The fourth-order valence-electron chi connectivity index (χ4n) is 2.52. The van der Waals surface area contributed by atoms with E-state index in [1.165, 1.54) is 12.1 Å². The number of aromatic amines is 1. The topological polar surface area (TPSA) is 65.4 Å². The van der Waals surface area contributed by atoms with Crippen LogP contribution in [0.5, 0.6) is 0 Å². The third-order valence-corrected chi connectivity index (χ3v) is 3.77. The second kappa shape index (κ2) is 6.53. The molecule has 0 unspecified atom stereocenters. The van der Waals surface area contributed by atoms with Crippen LogP contribution in [0.3, 0.4) is 0 Å². The van der Waals surface area contributed by atoms with Crippen molar-refractivity contribution >= 4 is 6.21 Å². The molecule has 0 aliphatic heterocycles. The maximum atomic E-state index is 13.3. The zero-order chi connectivity index (χ0) is 19.8. The summed E-state index contributed by atoms with van der Waals surface area (Å²) >= 11 is 0. The van der Waals surface area contributed by atoms with Crippen LogP contribution in [0.15, 0.2) is 42.5 Å². The maximum Gasteiger partial charge on any atom is 0.416 e. The number of benzene rings is 2. The van der Waals surface area contributed by atoms with Crippen molar-refractivity contribution in [1.29, 1.82) is 5.41 Å². The number of H-pyrrole nitrogens is 1. The Hall–Kier alpha value is -3.17. The first-order valence-corrected chi connectivity index (χ1v) is 7.41. The second-order valence-corrected chi connectivity index (χ2v) is 5.58. The summed E-state index contributed by atoms with van der Waals surface area (Å²) in [6, 6.07) is 6.87. The monoisotopic (exact) mass is 384 g/mol. The lowest BCUT2D eigenvalue weighted by atomic mass is 9.96. The van der Waals surface area contributed by atoms with Gasteiger partial charge in [0.1, 0.15) is 11.4 Å². The molecule has 3 rings (SSSR count). The van der Waals surface area contributed by atoms with Crippen LogP contribution in [-0.2, 0) is 12.4 Å². The highest BCUT2D eigenvalue weighted by molar-refractivity contribution is 5.85. The van der Waals surface area contributed by atoms with Crippen molar-refractivity contribution in [2.75, 3.05) is 0 Å². The van der Waals surface area contributed by atoms with Gasteiger partial charge in [0.05, 0.1) is 11.1 Å². The Balaban J connectivity index is 2.22. The van der Waals surface area contributed by atoms with E-state index >= 15 is 0 Å². The number of hydrogen-bond donors (Lipinski definition) is 2. The van der Waals surface area contributed by atoms with Gasteiger partial charge in [-0.05, 0) is 41.5 Å². The number of hydrogen-bond acceptors (Lipinski definition) is 3. The predicted molar refractivity (Wildman–Crippen MR) is 85.1 cm³/mol. The Kier molecular flexibility index (Phi) is 4.50. The van der Waals surface area contributed by atoms with Crippen LogP contribution in [0.1, 0.15) is 16.8 Å². The minimum atomic E-state index is -4.72. The van der Waals surface area contributed by atoms with Gasteiger partial charge >= 0.3 is 12.4 Å². The Labute approximate surface area is 148 Å². The molecule has 140 valence electrons. The minimum absolute atomic E-state index is 0.00400. The molecule has 0 aliphatic rings. The van der Waals surface area contributed by atoms with Gasteiger partial charge in [-0.3, -0.25) is 0 Å². The van der Waals surface area contributed by atoms with Gasteiger partial charge in [-0.1, -0.05) is 12.1 Å². The van der Waals surface area contributed by atoms with Crippen LogP contribution < -0.4 is 0 Å². The van der Waals surface area contributed by atoms with E-state index in [-0.39, 0.29) is 28.1 Å². The van der Waals surface area contributed by atoms with Crippen molar-refractivity contribution < 1.29 is 26.3 Å². The molecule has 10 heteroatoms. The third kappa shape index (κ3) is 3.83. The number of nitrogens with one attached hydrogen (secondary N) is 2. The molecule has 0 bridgehead atoms. The first-order valence-electron chi connectivity index (χ1n) is 7.41. The molecule has 1 heterocycles. The summed E-state index contributed by atoms with van der Waals surface area (Å²) in [5, 5.41) is 16.8. The smallest absolute Gasteiger partial charge is 0.306 e. The van der Waals surface area contributed by atoms with Gasteiger partial charge in [-0.2, -0.15) is 41.8 Å². The van der Waals surface area contributed by atoms with Crippen LogP contribution in [0.2, 0.25) is 0 Å². The van der Waals surface area contributed by atoms with Crippen LogP contribution in [0, 0.1) is 5.41 Å². The Bertz CT molecular complexity index is 988. The van der Waals surface area contributed by atoms with Crippen LogP contribution in [0.4, 0.5) is 26.3 Å². The molecule has 1 aromatic heterocycles. The lowest BCUT2D eigenvalue weighted by Gasteiger charge is -2.13. The first-order chi connectivity index (χ1) is 12.6. The highest BCUT2D eigenvalue weighted by Gasteiger charge is 2.33. The summed E-state index contributed by atoms with van der Waals surface area (Å²) in [7, 11) is 0. The van der Waals surface area contributed by atoms with E-state index in [0.29, 0.717) is 0 Å². The van der Waals surface area contributed by atoms with E-state index in [9.17, 15) is 26.3 Å². The van der Waals surface area contributed by atoms with E-state index in [0.717, 1.165) is 36.5 Å². The van der Waals surface area contributed by atoms with Crippen molar-refractivity contribution in [1.82, 2.24) is 15.4 Å². The zero-order valence-electron chi connectivity index (χ0n) is 13.3. The molecule has 2 N–H and O–H groups in total. The quantitative estimate of drug-likeness (QED) is 0.483. The van der Waals surface area contributed by atoms with Gasteiger partial charge in [0.15, 0.2) is 0 Å². The molecule has 3 aromatic rings. The van der Waals surface area contributed by atoms with E-state index < -0.39 is 23.5 Å². The van der Waals surface area contributed by atoms with Gasteiger partial charge in [-0.25, -0.2) is 0 Å². The molecule has 0 atom stereocenters. The van der Waals surface area contributed by atoms with Crippen molar-refractivity contribution in [3.8, 4) is 22.4 Å². The van der Waals surface area contributed by atoms with Crippen molar-refractivity contribution in [3.63, 3.8) is 0 Å². The summed E-state index contributed by atoms with van der Waals surface area (Å²) in [6.45, 7) is 0. The van der Waals surface area contributed by atoms with Crippen molar-refractivity contribution in [2.24, 2.45) is 0 Å². The second-order valence-electron chi connectivity index (χ2n) is 5.58. The fourth-order valence-corrected chi connectivity index (χ4v) is 2.52. The highest BCUT2D eigenvalue weighted by atomic mass is 19.4. The maximum absolute atomic E-state index is 13.3. The Morgan fingerprint density at radius 1 is 0.778 bits per heavy atom. The largest absolute Gasteiger partial charge is 0.416 e. The van der Waals surface area contributed by atoms with E-state index in [1.54, 1.807) is 0 Å². The molecule has 0 aliphatic carbocycles. The van der Waals surface area contributed by atoms with Gasteiger partial charge in [0.25, 0.3) is 0 Å². The fraction of sp³-hybridized carbons (Fsp3) is 0.118. The highest BCUT2D eigenvalue weighted by Crippen LogP contribution is 2.38. The first kappa shape index (κ1) is 18.6. The number of rotatable bonds is 3. The van der Waals surface area contributed by atoms with Crippen LogP contribution in [-0.4, -0.2) is 21.6 Å². The number of alkyl halides is 6. The molecule has 0 saturated heterocycles. The summed E-state index contributed by atoms with van der Waals surface area (Å²) in [6.07, 6.45) is -8.54. The van der Waals surface area contributed by atoms with Crippen molar-refractivity contribution in [3.05, 3.63) is 59.3 Å². The lowest BCUT2D eigenvalue weighted by molar-refractivity contribution is -0.138. The standard InChI is InChI=1S/C17H10F6N4/c18-16(19,20)12-3-1-2-9(5-12)10-4-11(7-13(6-10)17(21,22)23)15-14(8-24)25-27-26-15/h1-8,24H,(H,25,26,27). The lowest BCUT2D eigenvalue weighted by Crippen LogP contribution is -2.06. The third-order valence-electron chi connectivity index (χ3n) is 3.77. The summed E-state index contributed by atoms with van der Waals surface area (Å²) in [5.74, 6) is 0. The summed E-state index contributed by atoms with van der Waals surface area (Å²) in [5.41, 5.74) is -2.15. The van der Waals surface area contributed by atoms with Gasteiger partial charge in [0, 0.05) is 11.8 Å². The Morgan fingerprint density at radius 2 is 1.41 bits per heavy atom. The average Bonchev–Trinajstić information content (AvgIpc) is 3.09. The molecular formula is C17H10F6N4. The van der Waals surface area contributed by atoms with E-state index in [2.05, 4.69) is 15.4 Å². The molecule has 0 fully saturated rings. The molecule has 4 nitrogen and oxygen atoms in total. The Morgan fingerprint density at radius 3 is 2.04 bits per heavy atom. The molecule has 0 spiro atoms. The van der Waals surface area contributed by atoms with Crippen LogP contribution >= 0.6 is 0 Å². The molecule has 27 heavy (non-hydrogen) atoms. The van der Waals surface area contributed by atoms with E-state index in [4.69, 9.17) is 5.41 Å².